The maximum absolute atomic E-state index is 13.1. The van der Waals surface area contributed by atoms with E-state index >= 15 is 0 Å². The summed E-state index contributed by atoms with van der Waals surface area (Å²) in [6.07, 6.45) is 2.13. The third kappa shape index (κ3) is 3.84. The molecule has 5 heteroatoms. The molecule has 1 unspecified atom stereocenters. The maximum Gasteiger partial charge on any atom is 0.176 e. The molecule has 110 valence electrons. The van der Waals surface area contributed by atoms with Crippen LogP contribution in [-0.4, -0.2) is 44.0 Å². The Morgan fingerprint density at radius 1 is 1.40 bits per heavy atom. The lowest BCUT2D eigenvalue weighted by molar-refractivity contribution is 0.0757. The topological polar surface area (TPSA) is 29.5 Å². The molecule has 0 bridgehead atoms. The van der Waals surface area contributed by atoms with Crippen molar-refractivity contribution in [2.45, 2.75) is 12.8 Å². The number of likely N-dealkylation sites (tertiary alicyclic amines) is 1. The summed E-state index contributed by atoms with van der Waals surface area (Å²) in [5.41, 5.74) is 0.220. The van der Waals surface area contributed by atoms with Gasteiger partial charge in [-0.1, -0.05) is 0 Å². The number of halogens is 2. The van der Waals surface area contributed by atoms with Gasteiger partial charge in [0.05, 0.1) is 13.2 Å². The Kier molecular flexibility index (Phi) is 5.20. The SMILES string of the molecule is COCC1CCCN(CC(=O)c2ccc(F)c(F)c2)C1. The number of Topliss-reactive ketones (excluding diaryl/α,β-unsaturated/α-hetero) is 1. The lowest BCUT2D eigenvalue weighted by atomic mass is 9.98. The molecule has 1 aliphatic heterocycles. The molecular formula is C15H19F2NO2. The van der Waals surface area contributed by atoms with Crippen LogP contribution in [0, 0.1) is 17.6 Å². The monoisotopic (exact) mass is 283 g/mol. The van der Waals surface area contributed by atoms with Crippen molar-refractivity contribution in [1.82, 2.24) is 4.90 Å². The molecule has 20 heavy (non-hydrogen) atoms. The van der Waals surface area contributed by atoms with E-state index in [1.54, 1.807) is 7.11 Å². The van der Waals surface area contributed by atoms with Crippen molar-refractivity contribution in [3.8, 4) is 0 Å². The van der Waals surface area contributed by atoms with Crippen LogP contribution in [0.2, 0.25) is 0 Å². The third-order valence-electron chi connectivity index (χ3n) is 3.61. The largest absolute Gasteiger partial charge is 0.384 e. The second-order valence-electron chi connectivity index (χ2n) is 5.25. The maximum atomic E-state index is 13.1. The quantitative estimate of drug-likeness (QED) is 0.778. The summed E-state index contributed by atoms with van der Waals surface area (Å²) >= 11 is 0. The minimum atomic E-state index is -0.980. The van der Waals surface area contributed by atoms with Crippen molar-refractivity contribution < 1.29 is 18.3 Å². The Morgan fingerprint density at radius 3 is 2.90 bits per heavy atom. The van der Waals surface area contributed by atoms with E-state index in [9.17, 15) is 13.6 Å². The summed E-state index contributed by atoms with van der Waals surface area (Å²) in [5.74, 6) is -1.65. The Morgan fingerprint density at radius 2 is 2.20 bits per heavy atom. The van der Waals surface area contributed by atoms with Crippen LogP contribution in [0.1, 0.15) is 23.2 Å². The summed E-state index contributed by atoms with van der Waals surface area (Å²) in [6.45, 7) is 2.60. The number of methoxy groups -OCH3 is 1. The standard InChI is InChI=1S/C15H19F2NO2/c1-20-10-11-3-2-6-18(8-11)9-15(19)12-4-5-13(16)14(17)7-12/h4-5,7,11H,2-3,6,8-10H2,1H3. The fraction of sp³-hybridized carbons (Fsp3) is 0.533. The molecule has 1 fully saturated rings. The van der Waals surface area contributed by atoms with Crippen molar-refractivity contribution >= 4 is 5.78 Å². The molecule has 2 rings (SSSR count). The molecule has 0 spiro atoms. The molecule has 1 aromatic carbocycles. The van der Waals surface area contributed by atoms with Gasteiger partial charge in [0, 0.05) is 19.2 Å². The number of ether oxygens (including phenoxy) is 1. The highest BCUT2D eigenvalue weighted by Gasteiger charge is 2.22. The van der Waals surface area contributed by atoms with Crippen LogP contribution in [0.15, 0.2) is 18.2 Å². The minimum Gasteiger partial charge on any atom is -0.384 e. The average molecular weight is 283 g/mol. The summed E-state index contributed by atoms with van der Waals surface area (Å²) in [5, 5.41) is 0. The van der Waals surface area contributed by atoms with Gasteiger partial charge in [0.25, 0.3) is 0 Å². The first-order valence-electron chi connectivity index (χ1n) is 6.79. The Hall–Kier alpha value is -1.33. The molecule has 0 amide bonds. The Balaban J connectivity index is 1.95. The van der Waals surface area contributed by atoms with Crippen LogP contribution in [0.4, 0.5) is 8.78 Å². The number of carbonyl (C=O) groups is 1. The smallest absolute Gasteiger partial charge is 0.176 e. The number of nitrogens with zero attached hydrogens (tertiary/aromatic N) is 1. The van der Waals surface area contributed by atoms with E-state index in [-0.39, 0.29) is 17.9 Å². The number of hydrogen-bond donors (Lipinski definition) is 0. The summed E-state index contributed by atoms with van der Waals surface area (Å²) < 4.78 is 31.1. The number of piperidine rings is 1. The van der Waals surface area contributed by atoms with Crippen LogP contribution in [0.25, 0.3) is 0 Å². The first kappa shape index (κ1) is 15.1. The molecule has 1 saturated heterocycles. The van der Waals surface area contributed by atoms with E-state index in [4.69, 9.17) is 4.74 Å². The van der Waals surface area contributed by atoms with Crippen LogP contribution in [0.5, 0.6) is 0 Å². The summed E-state index contributed by atoms with van der Waals surface area (Å²) in [6, 6.07) is 3.29. The van der Waals surface area contributed by atoms with Crippen LogP contribution >= 0.6 is 0 Å². The van der Waals surface area contributed by atoms with Crippen molar-refractivity contribution in [2.24, 2.45) is 5.92 Å². The van der Waals surface area contributed by atoms with E-state index in [2.05, 4.69) is 4.90 Å². The van der Waals surface area contributed by atoms with Gasteiger partial charge in [-0.2, -0.15) is 0 Å². The number of rotatable bonds is 5. The molecule has 1 aromatic rings. The first-order valence-corrected chi connectivity index (χ1v) is 6.79. The van der Waals surface area contributed by atoms with Gasteiger partial charge in [-0.05, 0) is 43.5 Å². The molecule has 0 radical (unpaired) electrons. The average Bonchev–Trinajstić information content (AvgIpc) is 2.42. The Labute approximate surface area is 117 Å². The minimum absolute atomic E-state index is 0.179. The third-order valence-corrected chi connectivity index (χ3v) is 3.61. The zero-order valence-corrected chi connectivity index (χ0v) is 11.6. The summed E-state index contributed by atoms with van der Waals surface area (Å²) in [7, 11) is 1.67. The lowest BCUT2D eigenvalue weighted by Gasteiger charge is -2.31. The van der Waals surface area contributed by atoms with Crippen molar-refractivity contribution in [2.75, 3.05) is 33.4 Å². The van der Waals surface area contributed by atoms with Gasteiger partial charge in [0.15, 0.2) is 17.4 Å². The van der Waals surface area contributed by atoms with E-state index in [1.807, 2.05) is 0 Å². The van der Waals surface area contributed by atoms with E-state index in [0.717, 1.165) is 38.1 Å². The van der Waals surface area contributed by atoms with Crippen LogP contribution in [-0.2, 0) is 4.74 Å². The predicted molar refractivity (Wildman–Crippen MR) is 71.7 cm³/mol. The fourth-order valence-electron chi connectivity index (χ4n) is 2.63. The molecule has 0 N–H and O–H groups in total. The van der Waals surface area contributed by atoms with Gasteiger partial charge in [0.2, 0.25) is 0 Å². The number of hydrogen-bond acceptors (Lipinski definition) is 3. The van der Waals surface area contributed by atoms with Gasteiger partial charge in [-0.25, -0.2) is 8.78 Å². The summed E-state index contributed by atoms with van der Waals surface area (Å²) in [4.78, 5) is 14.1. The molecule has 0 aliphatic carbocycles. The van der Waals surface area contributed by atoms with Crippen molar-refractivity contribution in [3.63, 3.8) is 0 Å². The fourth-order valence-corrected chi connectivity index (χ4v) is 2.63. The van der Waals surface area contributed by atoms with Gasteiger partial charge in [-0.15, -0.1) is 0 Å². The molecule has 0 saturated carbocycles. The van der Waals surface area contributed by atoms with Crippen molar-refractivity contribution in [3.05, 3.63) is 35.4 Å². The predicted octanol–water partition coefficient (Wildman–Crippen LogP) is 2.51. The van der Waals surface area contributed by atoms with Gasteiger partial charge in [-0.3, -0.25) is 9.69 Å². The highest BCUT2D eigenvalue weighted by atomic mass is 19.2. The molecular weight excluding hydrogens is 264 g/mol. The Bertz CT molecular complexity index is 477. The van der Waals surface area contributed by atoms with Crippen LogP contribution < -0.4 is 0 Å². The number of benzene rings is 1. The molecule has 0 aromatic heterocycles. The molecule has 1 heterocycles. The van der Waals surface area contributed by atoms with Gasteiger partial charge < -0.3 is 4.74 Å². The molecule has 1 aliphatic rings. The van der Waals surface area contributed by atoms with E-state index < -0.39 is 11.6 Å². The van der Waals surface area contributed by atoms with Gasteiger partial charge in [0.1, 0.15) is 0 Å². The normalized spacial score (nSPS) is 20.1. The highest BCUT2D eigenvalue weighted by Crippen LogP contribution is 2.17. The highest BCUT2D eigenvalue weighted by molar-refractivity contribution is 5.97. The molecule has 3 nitrogen and oxygen atoms in total. The first-order chi connectivity index (χ1) is 9.60. The van der Waals surface area contributed by atoms with Crippen molar-refractivity contribution in [1.29, 1.82) is 0 Å². The molecule has 1 atom stereocenters. The van der Waals surface area contributed by atoms with E-state index in [1.165, 1.54) is 6.07 Å². The van der Waals surface area contributed by atoms with Gasteiger partial charge >= 0.3 is 0 Å². The second-order valence-corrected chi connectivity index (χ2v) is 5.25. The zero-order valence-electron chi connectivity index (χ0n) is 11.6. The second kappa shape index (κ2) is 6.90. The van der Waals surface area contributed by atoms with E-state index in [0.29, 0.717) is 12.5 Å². The zero-order chi connectivity index (χ0) is 14.5. The lowest BCUT2D eigenvalue weighted by Crippen LogP contribution is -2.40. The number of ketones is 1. The van der Waals surface area contributed by atoms with Crippen LogP contribution in [0.3, 0.4) is 0 Å². The number of carbonyl (C=O) groups excluding carboxylic acids is 1.